The molecule has 0 aliphatic carbocycles. The normalized spacial score (nSPS) is 11.0. The maximum Gasteiger partial charge on any atom is 0.123 e. The zero-order valence-electron chi connectivity index (χ0n) is 12.4. The van der Waals surface area contributed by atoms with Crippen LogP contribution in [0.2, 0.25) is 0 Å². The second-order valence-electron chi connectivity index (χ2n) is 5.22. The van der Waals surface area contributed by atoms with Gasteiger partial charge in [0.15, 0.2) is 0 Å². The molecule has 1 aromatic heterocycles. The minimum absolute atomic E-state index is 0.301. The van der Waals surface area contributed by atoms with Crippen molar-refractivity contribution < 1.29 is 5.11 Å². The Bertz CT molecular complexity index is 807. The van der Waals surface area contributed by atoms with Gasteiger partial charge in [-0.05, 0) is 47.9 Å². The number of aromatic hydroxyl groups is 1. The summed E-state index contributed by atoms with van der Waals surface area (Å²) in [5.41, 5.74) is 5.17. The van der Waals surface area contributed by atoms with E-state index in [1.165, 1.54) is 0 Å². The molecule has 0 atom stereocenters. The molecule has 1 N–H and O–H groups in total. The third kappa shape index (κ3) is 3.07. The van der Waals surface area contributed by atoms with E-state index in [0.717, 1.165) is 27.8 Å². The molecule has 0 amide bonds. The molecule has 0 aliphatic heterocycles. The number of rotatable bonds is 3. The summed E-state index contributed by atoms with van der Waals surface area (Å²) in [5.74, 6) is 0.301. The van der Waals surface area contributed by atoms with Gasteiger partial charge in [0.1, 0.15) is 5.75 Å². The number of aromatic nitrogens is 1. The fourth-order valence-electron chi connectivity index (χ4n) is 2.41. The van der Waals surface area contributed by atoms with E-state index in [9.17, 15) is 5.11 Å². The Balaban J connectivity index is 2.04. The molecule has 3 aromatic rings. The van der Waals surface area contributed by atoms with Crippen molar-refractivity contribution in [2.24, 2.45) is 0 Å². The fourth-order valence-corrected chi connectivity index (χ4v) is 2.41. The van der Waals surface area contributed by atoms with Crippen LogP contribution in [-0.2, 0) is 0 Å². The molecule has 2 nitrogen and oxygen atoms in total. The van der Waals surface area contributed by atoms with Crippen LogP contribution in [0.15, 0.2) is 67.0 Å². The molecule has 0 radical (unpaired) electrons. The summed E-state index contributed by atoms with van der Waals surface area (Å²) in [5, 5.41) is 10.2. The molecule has 0 unspecified atom stereocenters. The van der Waals surface area contributed by atoms with Gasteiger partial charge in [0.25, 0.3) is 0 Å². The van der Waals surface area contributed by atoms with Gasteiger partial charge in [-0.3, -0.25) is 4.98 Å². The predicted molar refractivity (Wildman–Crippen MR) is 91.4 cm³/mol. The number of benzene rings is 2. The van der Waals surface area contributed by atoms with Gasteiger partial charge in [-0.25, -0.2) is 0 Å². The molecule has 0 spiro atoms. The van der Waals surface area contributed by atoms with Crippen LogP contribution in [0, 0.1) is 6.92 Å². The Labute approximate surface area is 130 Å². The quantitative estimate of drug-likeness (QED) is 0.740. The van der Waals surface area contributed by atoms with Gasteiger partial charge in [0.2, 0.25) is 0 Å². The van der Waals surface area contributed by atoms with Gasteiger partial charge >= 0.3 is 0 Å². The van der Waals surface area contributed by atoms with Crippen molar-refractivity contribution in [3.8, 4) is 16.9 Å². The van der Waals surface area contributed by atoms with Crippen molar-refractivity contribution in [3.05, 3.63) is 83.7 Å². The van der Waals surface area contributed by atoms with Gasteiger partial charge in [-0.2, -0.15) is 0 Å². The van der Waals surface area contributed by atoms with Gasteiger partial charge in [0.05, 0.1) is 0 Å². The number of nitrogens with zero attached hydrogens (tertiary/aromatic N) is 1. The summed E-state index contributed by atoms with van der Waals surface area (Å²) in [6.45, 7) is 2.03. The maximum absolute atomic E-state index is 10.2. The minimum atomic E-state index is 0.301. The Morgan fingerprint density at radius 2 is 1.64 bits per heavy atom. The standard InChI is InChI=1S/C20H17NO/c1-15-6-9-20(22)19(14-15)18-5-3-2-4-17(18)8-7-16-10-12-21-13-11-16/h2-14,22H,1H3/b8-7+. The van der Waals surface area contributed by atoms with Crippen LogP contribution in [0.25, 0.3) is 23.3 Å². The molecule has 0 saturated heterocycles. The van der Waals surface area contributed by atoms with Gasteiger partial charge in [-0.1, -0.05) is 48.0 Å². The van der Waals surface area contributed by atoms with E-state index in [4.69, 9.17) is 0 Å². The third-order valence-electron chi connectivity index (χ3n) is 3.56. The lowest BCUT2D eigenvalue weighted by Gasteiger charge is -2.09. The van der Waals surface area contributed by atoms with E-state index in [0.29, 0.717) is 5.75 Å². The van der Waals surface area contributed by atoms with Crippen LogP contribution in [0.3, 0.4) is 0 Å². The molecule has 0 fully saturated rings. The Hall–Kier alpha value is -2.87. The molecule has 0 aliphatic rings. The maximum atomic E-state index is 10.2. The van der Waals surface area contributed by atoms with Gasteiger partial charge < -0.3 is 5.11 Å². The Kier molecular flexibility index (Phi) is 4.01. The van der Waals surface area contributed by atoms with E-state index in [-0.39, 0.29) is 0 Å². The molecule has 3 rings (SSSR count). The first-order valence-corrected chi connectivity index (χ1v) is 7.21. The molecule has 2 heteroatoms. The zero-order valence-corrected chi connectivity index (χ0v) is 12.4. The summed E-state index contributed by atoms with van der Waals surface area (Å²) < 4.78 is 0. The largest absolute Gasteiger partial charge is 0.507 e. The highest BCUT2D eigenvalue weighted by molar-refractivity contribution is 5.83. The number of pyridine rings is 1. The number of aryl methyl sites for hydroxylation is 1. The molecule has 2 aromatic carbocycles. The number of phenolic OH excluding ortho intramolecular Hbond substituents is 1. The first-order chi connectivity index (χ1) is 10.7. The lowest BCUT2D eigenvalue weighted by molar-refractivity contribution is 0.477. The molecule has 0 saturated carbocycles. The lowest BCUT2D eigenvalue weighted by atomic mass is 9.97. The SMILES string of the molecule is Cc1ccc(O)c(-c2ccccc2/C=C/c2ccncc2)c1. The van der Waals surface area contributed by atoms with Crippen LogP contribution in [0.5, 0.6) is 5.75 Å². The monoisotopic (exact) mass is 287 g/mol. The molecule has 22 heavy (non-hydrogen) atoms. The highest BCUT2D eigenvalue weighted by Crippen LogP contribution is 2.33. The summed E-state index contributed by atoms with van der Waals surface area (Å²) in [7, 11) is 0. The lowest BCUT2D eigenvalue weighted by Crippen LogP contribution is -1.85. The molecule has 1 heterocycles. The number of hydrogen-bond acceptors (Lipinski definition) is 2. The second-order valence-corrected chi connectivity index (χ2v) is 5.22. The first-order valence-electron chi connectivity index (χ1n) is 7.21. The van der Waals surface area contributed by atoms with Crippen LogP contribution in [0.1, 0.15) is 16.7 Å². The van der Waals surface area contributed by atoms with E-state index >= 15 is 0 Å². The van der Waals surface area contributed by atoms with Crippen molar-refractivity contribution in [2.75, 3.05) is 0 Å². The Morgan fingerprint density at radius 1 is 0.864 bits per heavy atom. The van der Waals surface area contributed by atoms with Crippen molar-refractivity contribution in [2.45, 2.75) is 6.92 Å². The average Bonchev–Trinajstić information content (AvgIpc) is 2.56. The highest BCUT2D eigenvalue weighted by Gasteiger charge is 2.07. The topological polar surface area (TPSA) is 33.1 Å². The van der Waals surface area contributed by atoms with Crippen molar-refractivity contribution in [1.82, 2.24) is 4.98 Å². The van der Waals surface area contributed by atoms with Crippen LogP contribution >= 0.6 is 0 Å². The average molecular weight is 287 g/mol. The van der Waals surface area contributed by atoms with E-state index < -0.39 is 0 Å². The molecule has 108 valence electrons. The predicted octanol–water partition coefficient (Wildman–Crippen LogP) is 4.93. The smallest absolute Gasteiger partial charge is 0.123 e. The van der Waals surface area contributed by atoms with Gasteiger partial charge in [0, 0.05) is 18.0 Å². The van der Waals surface area contributed by atoms with Crippen molar-refractivity contribution >= 4 is 12.2 Å². The van der Waals surface area contributed by atoms with Crippen molar-refractivity contribution in [3.63, 3.8) is 0 Å². The summed E-state index contributed by atoms with van der Waals surface area (Å²) in [4.78, 5) is 4.02. The van der Waals surface area contributed by atoms with Crippen LogP contribution < -0.4 is 0 Å². The first kappa shape index (κ1) is 14.1. The minimum Gasteiger partial charge on any atom is -0.507 e. The highest BCUT2D eigenvalue weighted by atomic mass is 16.3. The molecule has 0 bridgehead atoms. The zero-order chi connectivity index (χ0) is 15.4. The fraction of sp³-hybridized carbons (Fsp3) is 0.0500. The van der Waals surface area contributed by atoms with Gasteiger partial charge in [-0.15, -0.1) is 0 Å². The molecular weight excluding hydrogens is 270 g/mol. The van der Waals surface area contributed by atoms with Crippen LogP contribution in [-0.4, -0.2) is 10.1 Å². The third-order valence-corrected chi connectivity index (χ3v) is 3.56. The summed E-state index contributed by atoms with van der Waals surface area (Å²) >= 11 is 0. The number of hydrogen-bond donors (Lipinski definition) is 1. The van der Waals surface area contributed by atoms with Crippen LogP contribution in [0.4, 0.5) is 0 Å². The van der Waals surface area contributed by atoms with E-state index in [2.05, 4.69) is 17.1 Å². The van der Waals surface area contributed by atoms with E-state index in [1.54, 1.807) is 18.5 Å². The van der Waals surface area contributed by atoms with E-state index in [1.807, 2.05) is 55.5 Å². The second kappa shape index (κ2) is 6.27. The molecular formula is C20H17NO. The summed E-state index contributed by atoms with van der Waals surface area (Å²) in [6, 6.07) is 17.7. The summed E-state index contributed by atoms with van der Waals surface area (Å²) in [6.07, 6.45) is 7.66. The van der Waals surface area contributed by atoms with Crippen molar-refractivity contribution in [1.29, 1.82) is 0 Å². The number of phenols is 1. The Morgan fingerprint density at radius 3 is 2.45 bits per heavy atom.